The average molecular weight is 405 g/mol. The molecule has 0 aliphatic rings. The fourth-order valence-electron chi connectivity index (χ4n) is 2.60. The average Bonchev–Trinajstić information content (AvgIpc) is 3.17. The molecule has 0 amide bonds. The number of rotatable bonds is 7. The Hall–Kier alpha value is -2.42. The van der Waals surface area contributed by atoms with Crippen LogP contribution in [0.25, 0.3) is 0 Å². The molecule has 0 spiro atoms. The van der Waals surface area contributed by atoms with Crippen LogP contribution in [0.3, 0.4) is 0 Å². The van der Waals surface area contributed by atoms with Crippen LogP contribution in [-0.4, -0.2) is 23.4 Å². The Bertz CT molecular complexity index is 1090. The summed E-state index contributed by atoms with van der Waals surface area (Å²) >= 11 is 0. The molecule has 1 N–H and O–H groups in total. The van der Waals surface area contributed by atoms with E-state index in [1.54, 1.807) is 36.4 Å². The summed E-state index contributed by atoms with van der Waals surface area (Å²) in [5.74, 6) is 0.172. The van der Waals surface area contributed by atoms with Crippen LogP contribution in [0.5, 0.6) is 0 Å². The molecule has 6 nitrogen and oxygen atoms in total. The molecule has 3 rings (SSSR count). The van der Waals surface area contributed by atoms with Crippen molar-refractivity contribution in [2.75, 3.05) is 6.54 Å². The van der Waals surface area contributed by atoms with E-state index in [1.165, 1.54) is 36.6 Å². The maximum Gasteiger partial charge on any atom is 0.240 e. The maximum atomic E-state index is 13.0. The minimum atomic E-state index is -3.86. The molecular weight excluding hydrogens is 386 g/mol. The number of hydrogen-bond donors (Lipinski definition) is 1. The molecule has 0 bridgehead atoms. The molecule has 2 aromatic carbocycles. The van der Waals surface area contributed by atoms with Crippen molar-refractivity contribution in [1.29, 1.82) is 0 Å². The summed E-state index contributed by atoms with van der Waals surface area (Å²) in [6.07, 6.45) is 1.36. The highest BCUT2D eigenvalue weighted by atomic mass is 32.2. The zero-order valence-electron chi connectivity index (χ0n) is 14.6. The fourth-order valence-corrected chi connectivity index (χ4v) is 5.36. The molecule has 0 fully saturated rings. The topological polar surface area (TPSA) is 93.4 Å². The minimum Gasteiger partial charge on any atom is -0.468 e. The fraction of sp³-hybridized carbons (Fsp3) is 0.158. The van der Waals surface area contributed by atoms with E-state index in [0.29, 0.717) is 0 Å². The predicted molar refractivity (Wildman–Crippen MR) is 101 cm³/mol. The van der Waals surface area contributed by atoms with Gasteiger partial charge in [0.15, 0.2) is 9.84 Å². The summed E-state index contributed by atoms with van der Waals surface area (Å²) in [7, 11) is -7.72. The number of benzene rings is 2. The highest BCUT2D eigenvalue weighted by molar-refractivity contribution is 7.92. The van der Waals surface area contributed by atoms with Gasteiger partial charge in [0, 0.05) is 6.54 Å². The summed E-state index contributed by atoms with van der Waals surface area (Å²) in [6, 6.07) is 17.3. The third kappa shape index (κ3) is 4.29. The summed E-state index contributed by atoms with van der Waals surface area (Å²) in [4.78, 5) is 0.171. The SMILES string of the molecule is Cc1ccc(S(=O)(=O)NC[C@@H](c2ccco2)S(=O)(=O)c2ccccc2)cc1. The summed E-state index contributed by atoms with van der Waals surface area (Å²) in [5, 5.41) is -1.19. The van der Waals surface area contributed by atoms with Gasteiger partial charge in [-0.05, 0) is 43.3 Å². The lowest BCUT2D eigenvalue weighted by Gasteiger charge is -2.17. The predicted octanol–water partition coefficient (Wildman–Crippen LogP) is 3.08. The molecule has 0 aliphatic carbocycles. The molecule has 0 radical (unpaired) electrons. The standard InChI is InChI=1S/C19H19NO5S2/c1-15-9-11-17(12-10-15)27(23,24)20-14-19(18-8-5-13-25-18)26(21,22)16-6-3-2-4-7-16/h2-13,19-20H,14H2,1H3/t19-/m0/s1. The van der Waals surface area contributed by atoms with Crippen molar-refractivity contribution in [3.8, 4) is 0 Å². The molecular formula is C19H19NO5S2. The van der Waals surface area contributed by atoms with E-state index >= 15 is 0 Å². The van der Waals surface area contributed by atoms with Crippen LogP contribution in [0.15, 0.2) is 87.2 Å². The first-order valence-electron chi connectivity index (χ1n) is 8.19. The summed E-state index contributed by atoms with van der Waals surface area (Å²) in [5.41, 5.74) is 0.925. The van der Waals surface area contributed by atoms with E-state index in [0.717, 1.165) is 5.56 Å². The van der Waals surface area contributed by atoms with Gasteiger partial charge in [-0.3, -0.25) is 0 Å². The van der Waals surface area contributed by atoms with Gasteiger partial charge in [-0.15, -0.1) is 0 Å². The highest BCUT2D eigenvalue weighted by Crippen LogP contribution is 2.29. The second kappa shape index (κ2) is 7.67. The lowest BCUT2D eigenvalue weighted by molar-refractivity contribution is 0.486. The molecule has 1 aromatic heterocycles. The Morgan fingerprint density at radius 2 is 1.52 bits per heavy atom. The van der Waals surface area contributed by atoms with Gasteiger partial charge in [0.1, 0.15) is 11.0 Å². The van der Waals surface area contributed by atoms with Crippen LogP contribution in [0.1, 0.15) is 16.6 Å². The first-order valence-corrected chi connectivity index (χ1v) is 11.2. The zero-order valence-corrected chi connectivity index (χ0v) is 16.2. The smallest absolute Gasteiger partial charge is 0.240 e. The largest absolute Gasteiger partial charge is 0.468 e. The Morgan fingerprint density at radius 3 is 2.11 bits per heavy atom. The van der Waals surface area contributed by atoms with Gasteiger partial charge < -0.3 is 4.42 Å². The van der Waals surface area contributed by atoms with Gasteiger partial charge in [-0.1, -0.05) is 35.9 Å². The van der Waals surface area contributed by atoms with E-state index in [1.807, 2.05) is 6.92 Å². The Kier molecular flexibility index (Phi) is 5.50. The van der Waals surface area contributed by atoms with Crippen molar-refractivity contribution in [1.82, 2.24) is 4.72 Å². The van der Waals surface area contributed by atoms with Gasteiger partial charge in [0.2, 0.25) is 10.0 Å². The monoisotopic (exact) mass is 405 g/mol. The molecule has 0 aliphatic heterocycles. The van der Waals surface area contributed by atoms with Crippen molar-refractivity contribution in [2.45, 2.75) is 22.0 Å². The molecule has 8 heteroatoms. The van der Waals surface area contributed by atoms with Crippen LogP contribution in [-0.2, 0) is 19.9 Å². The minimum absolute atomic E-state index is 0.0726. The number of hydrogen-bond acceptors (Lipinski definition) is 5. The third-order valence-electron chi connectivity index (χ3n) is 4.10. The third-order valence-corrected chi connectivity index (χ3v) is 7.61. The molecule has 3 aromatic rings. The maximum absolute atomic E-state index is 13.0. The summed E-state index contributed by atoms with van der Waals surface area (Å²) in [6.45, 7) is 1.50. The molecule has 0 unspecified atom stereocenters. The number of aryl methyl sites for hydroxylation is 1. The number of furan rings is 1. The van der Waals surface area contributed by atoms with Crippen LogP contribution < -0.4 is 4.72 Å². The van der Waals surface area contributed by atoms with Crippen LogP contribution >= 0.6 is 0 Å². The van der Waals surface area contributed by atoms with E-state index < -0.39 is 25.1 Å². The molecule has 0 saturated heterocycles. The van der Waals surface area contributed by atoms with Crippen molar-refractivity contribution in [3.05, 3.63) is 84.3 Å². The van der Waals surface area contributed by atoms with Crippen molar-refractivity contribution >= 4 is 19.9 Å². The number of sulfone groups is 1. The zero-order chi connectivity index (χ0) is 19.5. The Balaban J connectivity index is 1.91. The Labute approximate surface area is 158 Å². The van der Waals surface area contributed by atoms with E-state index in [4.69, 9.17) is 4.42 Å². The van der Waals surface area contributed by atoms with Crippen LogP contribution in [0, 0.1) is 6.92 Å². The van der Waals surface area contributed by atoms with E-state index in [2.05, 4.69) is 4.72 Å². The molecule has 142 valence electrons. The first-order chi connectivity index (χ1) is 12.8. The molecule has 27 heavy (non-hydrogen) atoms. The van der Waals surface area contributed by atoms with Gasteiger partial charge >= 0.3 is 0 Å². The number of nitrogens with one attached hydrogen (secondary N) is 1. The quantitative estimate of drug-likeness (QED) is 0.652. The van der Waals surface area contributed by atoms with Gasteiger partial charge in [0.05, 0.1) is 16.1 Å². The van der Waals surface area contributed by atoms with E-state index in [-0.39, 0.29) is 22.1 Å². The summed E-state index contributed by atoms with van der Waals surface area (Å²) < 4.78 is 58.8. The van der Waals surface area contributed by atoms with Crippen molar-refractivity contribution < 1.29 is 21.3 Å². The number of sulfonamides is 1. The van der Waals surface area contributed by atoms with Crippen LogP contribution in [0.4, 0.5) is 0 Å². The van der Waals surface area contributed by atoms with Gasteiger partial charge in [-0.2, -0.15) is 0 Å². The first kappa shape index (κ1) is 19.3. The lowest BCUT2D eigenvalue weighted by Crippen LogP contribution is -2.31. The van der Waals surface area contributed by atoms with Crippen molar-refractivity contribution in [3.63, 3.8) is 0 Å². The molecule has 1 atom stereocenters. The van der Waals surface area contributed by atoms with Crippen LogP contribution in [0.2, 0.25) is 0 Å². The highest BCUT2D eigenvalue weighted by Gasteiger charge is 2.32. The van der Waals surface area contributed by atoms with E-state index in [9.17, 15) is 16.8 Å². The van der Waals surface area contributed by atoms with Gasteiger partial charge in [-0.25, -0.2) is 21.6 Å². The second-order valence-corrected chi connectivity index (χ2v) is 9.92. The molecule has 1 heterocycles. The Morgan fingerprint density at radius 1 is 0.852 bits per heavy atom. The lowest BCUT2D eigenvalue weighted by atomic mass is 10.2. The van der Waals surface area contributed by atoms with Crippen molar-refractivity contribution in [2.24, 2.45) is 0 Å². The molecule has 0 saturated carbocycles. The second-order valence-electron chi connectivity index (χ2n) is 6.03. The van der Waals surface area contributed by atoms with Gasteiger partial charge in [0.25, 0.3) is 0 Å². The normalized spacial score (nSPS) is 13.4.